The van der Waals surface area contributed by atoms with Crippen LogP contribution in [-0.4, -0.2) is 77.4 Å². The van der Waals surface area contributed by atoms with Crippen molar-refractivity contribution in [2.75, 3.05) is 32.7 Å². The Bertz CT molecular complexity index is 688. The van der Waals surface area contributed by atoms with Gasteiger partial charge in [-0.15, -0.1) is 0 Å². The van der Waals surface area contributed by atoms with E-state index in [0.29, 0.717) is 51.5 Å². The van der Waals surface area contributed by atoms with Crippen LogP contribution in [0.1, 0.15) is 51.4 Å². The monoisotopic (exact) mass is 417 g/mol. The van der Waals surface area contributed by atoms with Crippen molar-refractivity contribution in [3.05, 3.63) is 12.2 Å². The molecule has 5 amide bonds. The molecular formula is C21H31N5O4. The standard InChI is InChI=1S/C21H31N5O4/c27-18(8-2-1-5-11-26-19(28)9-10-20(26)29)24-12-14-25(15-13-24)21(30)23-22-16-17-6-3-4-7-17/h9-10,16-17H,1-8,11-15H2,(H,23,30)/b22-16+. The van der Waals surface area contributed by atoms with Crippen LogP contribution in [-0.2, 0) is 14.4 Å². The van der Waals surface area contributed by atoms with Crippen molar-refractivity contribution in [2.45, 2.75) is 51.4 Å². The third-order valence-corrected chi connectivity index (χ3v) is 5.94. The summed E-state index contributed by atoms with van der Waals surface area (Å²) in [4.78, 5) is 52.2. The van der Waals surface area contributed by atoms with Crippen molar-refractivity contribution < 1.29 is 19.2 Å². The maximum atomic E-state index is 12.4. The average Bonchev–Trinajstić information content (AvgIpc) is 3.38. The summed E-state index contributed by atoms with van der Waals surface area (Å²) in [7, 11) is 0. The van der Waals surface area contributed by atoms with Gasteiger partial charge in [0.15, 0.2) is 0 Å². The van der Waals surface area contributed by atoms with Gasteiger partial charge in [-0.1, -0.05) is 19.3 Å². The molecule has 0 unspecified atom stereocenters. The highest BCUT2D eigenvalue weighted by atomic mass is 16.2. The maximum Gasteiger partial charge on any atom is 0.337 e. The van der Waals surface area contributed by atoms with E-state index in [1.165, 1.54) is 29.9 Å². The second-order valence-electron chi connectivity index (χ2n) is 8.08. The molecule has 164 valence electrons. The first kappa shape index (κ1) is 22.0. The molecule has 2 aliphatic heterocycles. The van der Waals surface area contributed by atoms with Crippen LogP contribution in [0.4, 0.5) is 4.79 Å². The maximum absolute atomic E-state index is 12.4. The molecule has 0 aromatic carbocycles. The number of hydrogen-bond donors (Lipinski definition) is 1. The van der Waals surface area contributed by atoms with E-state index in [1.54, 1.807) is 9.80 Å². The average molecular weight is 418 g/mol. The Morgan fingerprint density at radius 2 is 1.60 bits per heavy atom. The number of hydrazone groups is 1. The largest absolute Gasteiger partial charge is 0.339 e. The van der Waals surface area contributed by atoms with Gasteiger partial charge in [-0.2, -0.15) is 5.10 Å². The van der Waals surface area contributed by atoms with Gasteiger partial charge in [-0.25, -0.2) is 10.2 Å². The van der Waals surface area contributed by atoms with Crippen LogP contribution in [0.2, 0.25) is 0 Å². The molecule has 0 radical (unpaired) electrons. The van der Waals surface area contributed by atoms with Gasteiger partial charge in [0.05, 0.1) is 0 Å². The quantitative estimate of drug-likeness (QED) is 0.280. The predicted molar refractivity (Wildman–Crippen MR) is 111 cm³/mol. The van der Waals surface area contributed by atoms with Gasteiger partial charge in [0.25, 0.3) is 11.8 Å². The van der Waals surface area contributed by atoms with Crippen LogP contribution >= 0.6 is 0 Å². The Morgan fingerprint density at radius 1 is 0.967 bits per heavy atom. The number of unbranched alkanes of at least 4 members (excludes halogenated alkanes) is 2. The minimum atomic E-state index is -0.262. The van der Waals surface area contributed by atoms with E-state index in [4.69, 9.17) is 0 Å². The number of imide groups is 1. The highest BCUT2D eigenvalue weighted by Crippen LogP contribution is 2.22. The summed E-state index contributed by atoms with van der Waals surface area (Å²) in [5.74, 6) is 0.0430. The molecule has 0 atom stereocenters. The van der Waals surface area contributed by atoms with Gasteiger partial charge in [0.2, 0.25) is 5.91 Å². The highest BCUT2D eigenvalue weighted by Gasteiger charge is 2.24. The number of nitrogens with one attached hydrogen (secondary N) is 1. The van der Waals surface area contributed by atoms with E-state index in [9.17, 15) is 19.2 Å². The number of hydrogen-bond acceptors (Lipinski definition) is 5. The first-order chi connectivity index (χ1) is 14.5. The second-order valence-corrected chi connectivity index (χ2v) is 8.08. The zero-order valence-electron chi connectivity index (χ0n) is 17.4. The lowest BCUT2D eigenvalue weighted by Gasteiger charge is -2.34. The van der Waals surface area contributed by atoms with E-state index in [0.717, 1.165) is 25.7 Å². The van der Waals surface area contributed by atoms with Crippen LogP contribution in [0, 0.1) is 5.92 Å². The van der Waals surface area contributed by atoms with E-state index >= 15 is 0 Å². The van der Waals surface area contributed by atoms with E-state index in [2.05, 4.69) is 10.5 Å². The number of carbonyl (C=O) groups excluding carboxylic acids is 4. The third kappa shape index (κ3) is 6.14. The zero-order valence-corrected chi connectivity index (χ0v) is 17.4. The fourth-order valence-electron chi connectivity index (χ4n) is 4.07. The van der Waals surface area contributed by atoms with Crippen molar-refractivity contribution in [3.63, 3.8) is 0 Å². The zero-order chi connectivity index (χ0) is 21.3. The third-order valence-electron chi connectivity index (χ3n) is 5.94. The molecule has 1 saturated carbocycles. The molecule has 0 aromatic rings. The van der Waals surface area contributed by atoms with Crippen molar-refractivity contribution in [2.24, 2.45) is 11.0 Å². The summed E-state index contributed by atoms with van der Waals surface area (Å²) in [6.07, 6.45) is 11.8. The molecular weight excluding hydrogens is 386 g/mol. The van der Waals surface area contributed by atoms with Crippen LogP contribution in [0.3, 0.4) is 0 Å². The highest BCUT2D eigenvalue weighted by molar-refractivity contribution is 6.12. The molecule has 2 heterocycles. The van der Waals surface area contributed by atoms with Gasteiger partial charge in [-0.05, 0) is 31.6 Å². The molecule has 30 heavy (non-hydrogen) atoms. The fraction of sp³-hybridized carbons (Fsp3) is 0.667. The number of nitrogens with zero attached hydrogens (tertiary/aromatic N) is 4. The number of rotatable bonds is 8. The van der Waals surface area contributed by atoms with E-state index in [1.807, 2.05) is 6.21 Å². The topological polar surface area (TPSA) is 102 Å². The molecule has 1 saturated heterocycles. The van der Waals surface area contributed by atoms with Gasteiger partial charge >= 0.3 is 6.03 Å². The summed E-state index contributed by atoms with van der Waals surface area (Å²) in [6, 6.07) is -0.211. The van der Waals surface area contributed by atoms with Gasteiger partial charge in [0, 0.05) is 57.5 Å². The first-order valence-corrected chi connectivity index (χ1v) is 10.9. The fourth-order valence-corrected chi connectivity index (χ4v) is 4.07. The summed E-state index contributed by atoms with van der Waals surface area (Å²) in [5.41, 5.74) is 2.60. The number of carbonyl (C=O) groups is 4. The summed E-state index contributed by atoms with van der Waals surface area (Å²) in [6.45, 7) is 2.46. The van der Waals surface area contributed by atoms with Gasteiger partial charge < -0.3 is 9.80 Å². The van der Waals surface area contributed by atoms with E-state index in [-0.39, 0.29) is 23.8 Å². The van der Waals surface area contributed by atoms with Crippen LogP contribution < -0.4 is 5.43 Å². The minimum absolute atomic E-state index is 0.0873. The summed E-state index contributed by atoms with van der Waals surface area (Å²) >= 11 is 0. The van der Waals surface area contributed by atoms with Crippen LogP contribution in [0.15, 0.2) is 17.3 Å². The molecule has 9 heteroatoms. The van der Waals surface area contributed by atoms with Gasteiger partial charge in [0.1, 0.15) is 0 Å². The van der Waals surface area contributed by atoms with E-state index < -0.39 is 0 Å². The van der Waals surface area contributed by atoms with Crippen molar-refractivity contribution in [1.29, 1.82) is 0 Å². The van der Waals surface area contributed by atoms with Crippen molar-refractivity contribution >= 4 is 30.0 Å². The Morgan fingerprint density at radius 3 is 2.27 bits per heavy atom. The molecule has 3 aliphatic rings. The van der Waals surface area contributed by atoms with Crippen LogP contribution in [0.5, 0.6) is 0 Å². The Hall–Kier alpha value is -2.71. The smallest absolute Gasteiger partial charge is 0.337 e. The molecule has 0 bridgehead atoms. The molecule has 1 aliphatic carbocycles. The van der Waals surface area contributed by atoms with Crippen molar-refractivity contribution in [3.8, 4) is 0 Å². The second kappa shape index (κ2) is 10.9. The minimum Gasteiger partial charge on any atom is -0.339 e. The first-order valence-electron chi connectivity index (χ1n) is 10.9. The number of piperazine rings is 1. The van der Waals surface area contributed by atoms with Gasteiger partial charge in [-0.3, -0.25) is 19.3 Å². The molecule has 2 fully saturated rings. The number of urea groups is 1. The lowest BCUT2D eigenvalue weighted by Crippen LogP contribution is -2.52. The SMILES string of the molecule is O=C(CCCCCN1C(=O)C=CC1=O)N1CCN(C(=O)N/N=C/C2CCCC2)CC1. The van der Waals surface area contributed by atoms with Crippen molar-refractivity contribution in [1.82, 2.24) is 20.1 Å². The molecule has 0 aromatic heterocycles. The molecule has 0 spiro atoms. The Labute approximate surface area is 177 Å². The number of amides is 5. The lowest BCUT2D eigenvalue weighted by molar-refractivity contribution is -0.137. The molecule has 9 nitrogen and oxygen atoms in total. The Balaban J connectivity index is 1.26. The normalized spacial score (nSPS) is 20.1. The lowest BCUT2D eigenvalue weighted by atomic mass is 10.1. The molecule has 1 N–H and O–H groups in total. The Kier molecular flexibility index (Phi) is 7.98. The molecule has 3 rings (SSSR count). The summed E-state index contributed by atoms with van der Waals surface area (Å²) < 4.78 is 0. The summed E-state index contributed by atoms with van der Waals surface area (Å²) in [5, 5.41) is 4.08. The predicted octanol–water partition coefficient (Wildman–Crippen LogP) is 1.50. The van der Waals surface area contributed by atoms with Crippen LogP contribution in [0.25, 0.3) is 0 Å².